The molecule has 1 aliphatic carbocycles. The Morgan fingerprint density at radius 3 is 2.09 bits per heavy atom. The van der Waals surface area contributed by atoms with Crippen LogP contribution in [0.25, 0.3) is 87.5 Å². The molecule has 1 aromatic heterocycles. The molecule has 0 spiro atoms. The summed E-state index contributed by atoms with van der Waals surface area (Å²) in [6.45, 7) is 0. The molecule has 0 saturated heterocycles. The van der Waals surface area contributed by atoms with Crippen LogP contribution >= 0.6 is 0 Å². The average molecular weight is 548 g/mol. The van der Waals surface area contributed by atoms with Crippen molar-refractivity contribution in [3.63, 3.8) is 0 Å². The second kappa shape index (κ2) is 8.24. The van der Waals surface area contributed by atoms with Gasteiger partial charge in [0.15, 0.2) is 0 Å². The molecule has 200 valence electrons. The summed E-state index contributed by atoms with van der Waals surface area (Å²) in [6.07, 6.45) is 0.948. The standard InChI is InChI=1S/C41H25NO/c43-38-22-36(33-13-6-12-32-29-9-3-4-14-37(29)42-41(32)33)31-18-16-23-15-17-28(30-19-20-34(38)40(31)39(23)30)27-11-5-10-26-25-8-2-1-7-24(25)21-35(26)27/h1-20,22,42-43H,21H2. The van der Waals surface area contributed by atoms with E-state index in [0.717, 1.165) is 44.7 Å². The van der Waals surface area contributed by atoms with E-state index >= 15 is 0 Å². The minimum Gasteiger partial charge on any atom is -0.507 e. The number of fused-ring (bicyclic) bond motifs is 6. The smallest absolute Gasteiger partial charge is 0.124 e. The first kappa shape index (κ1) is 23.0. The van der Waals surface area contributed by atoms with Gasteiger partial charge in [-0.3, -0.25) is 0 Å². The summed E-state index contributed by atoms with van der Waals surface area (Å²) < 4.78 is 0. The highest BCUT2D eigenvalue weighted by atomic mass is 16.3. The van der Waals surface area contributed by atoms with E-state index in [-0.39, 0.29) is 0 Å². The summed E-state index contributed by atoms with van der Waals surface area (Å²) in [7, 11) is 0. The summed E-state index contributed by atoms with van der Waals surface area (Å²) in [5.41, 5.74) is 12.4. The highest BCUT2D eigenvalue weighted by molar-refractivity contribution is 6.29. The third-order valence-corrected chi connectivity index (χ3v) is 9.73. The van der Waals surface area contributed by atoms with E-state index in [2.05, 4.69) is 126 Å². The normalized spacial score (nSPS) is 12.7. The van der Waals surface area contributed by atoms with E-state index in [1.807, 2.05) is 6.07 Å². The summed E-state index contributed by atoms with van der Waals surface area (Å²) in [5.74, 6) is 0.312. The number of aromatic nitrogens is 1. The van der Waals surface area contributed by atoms with Crippen LogP contribution in [0.2, 0.25) is 0 Å². The number of H-pyrrole nitrogens is 1. The molecule has 9 aromatic rings. The monoisotopic (exact) mass is 547 g/mol. The third kappa shape index (κ3) is 3.02. The molecule has 10 rings (SSSR count). The van der Waals surface area contributed by atoms with E-state index < -0.39 is 0 Å². The molecular weight excluding hydrogens is 522 g/mol. The van der Waals surface area contributed by atoms with Crippen LogP contribution in [-0.4, -0.2) is 10.1 Å². The van der Waals surface area contributed by atoms with Crippen molar-refractivity contribution in [3.8, 4) is 39.1 Å². The number of hydrogen-bond acceptors (Lipinski definition) is 1. The molecule has 0 aliphatic heterocycles. The minimum absolute atomic E-state index is 0.312. The predicted molar refractivity (Wildman–Crippen MR) is 180 cm³/mol. The lowest BCUT2D eigenvalue weighted by Crippen LogP contribution is -1.92. The lowest BCUT2D eigenvalue weighted by molar-refractivity contribution is 0.482. The summed E-state index contributed by atoms with van der Waals surface area (Å²) in [5, 5.41) is 20.7. The van der Waals surface area contributed by atoms with Crippen molar-refractivity contribution >= 4 is 54.1 Å². The maximum absolute atomic E-state index is 11.5. The van der Waals surface area contributed by atoms with Gasteiger partial charge in [-0.05, 0) is 85.1 Å². The Labute approximate surface area is 247 Å². The number of hydrogen-bond donors (Lipinski definition) is 2. The van der Waals surface area contributed by atoms with Gasteiger partial charge in [0.1, 0.15) is 5.75 Å². The van der Waals surface area contributed by atoms with Crippen LogP contribution in [0.3, 0.4) is 0 Å². The van der Waals surface area contributed by atoms with Gasteiger partial charge in [0.2, 0.25) is 0 Å². The minimum atomic E-state index is 0.312. The highest BCUT2D eigenvalue weighted by Crippen LogP contribution is 2.48. The zero-order valence-electron chi connectivity index (χ0n) is 23.3. The van der Waals surface area contributed by atoms with Crippen LogP contribution < -0.4 is 0 Å². The number of para-hydroxylation sites is 2. The summed E-state index contributed by atoms with van der Waals surface area (Å²) >= 11 is 0. The van der Waals surface area contributed by atoms with Gasteiger partial charge in [0, 0.05) is 32.6 Å². The van der Waals surface area contributed by atoms with Crippen LogP contribution in [0, 0.1) is 0 Å². The number of nitrogens with one attached hydrogen (secondary N) is 1. The van der Waals surface area contributed by atoms with Crippen molar-refractivity contribution in [2.24, 2.45) is 0 Å². The second-order valence-corrected chi connectivity index (χ2v) is 11.9. The summed E-state index contributed by atoms with van der Waals surface area (Å²) in [4.78, 5) is 3.67. The number of phenols is 1. The second-order valence-electron chi connectivity index (χ2n) is 11.9. The van der Waals surface area contributed by atoms with Gasteiger partial charge >= 0.3 is 0 Å². The van der Waals surface area contributed by atoms with E-state index in [1.165, 1.54) is 60.3 Å². The van der Waals surface area contributed by atoms with Gasteiger partial charge < -0.3 is 10.1 Å². The molecule has 0 bridgehead atoms. The van der Waals surface area contributed by atoms with E-state index in [0.29, 0.717) is 5.75 Å². The molecule has 1 aliphatic rings. The fraction of sp³-hybridized carbons (Fsp3) is 0.0244. The van der Waals surface area contributed by atoms with E-state index in [9.17, 15) is 5.11 Å². The van der Waals surface area contributed by atoms with Crippen LogP contribution in [0.1, 0.15) is 11.1 Å². The van der Waals surface area contributed by atoms with Gasteiger partial charge in [-0.2, -0.15) is 0 Å². The fourth-order valence-electron chi connectivity index (χ4n) is 7.84. The lowest BCUT2D eigenvalue weighted by Gasteiger charge is -2.18. The largest absolute Gasteiger partial charge is 0.507 e. The van der Waals surface area contributed by atoms with Crippen LogP contribution in [0.15, 0.2) is 127 Å². The molecule has 0 fully saturated rings. The van der Waals surface area contributed by atoms with Gasteiger partial charge in [-0.15, -0.1) is 0 Å². The highest BCUT2D eigenvalue weighted by Gasteiger charge is 2.23. The molecule has 0 amide bonds. The van der Waals surface area contributed by atoms with Crippen LogP contribution in [0.4, 0.5) is 0 Å². The number of benzene rings is 8. The molecule has 43 heavy (non-hydrogen) atoms. The van der Waals surface area contributed by atoms with Crippen molar-refractivity contribution in [1.29, 1.82) is 0 Å². The zero-order valence-corrected chi connectivity index (χ0v) is 23.3. The Kier molecular flexibility index (Phi) is 4.41. The van der Waals surface area contributed by atoms with E-state index in [1.54, 1.807) is 0 Å². The Balaban J connectivity index is 1.27. The fourth-order valence-corrected chi connectivity index (χ4v) is 7.84. The van der Waals surface area contributed by atoms with Crippen molar-refractivity contribution < 1.29 is 5.11 Å². The van der Waals surface area contributed by atoms with Gasteiger partial charge in [0.25, 0.3) is 0 Å². The Morgan fingerprint density at radius 2 is 1.14 bits per heavy atom. The molecule has 0 radical (unpaired) electrons. The third-order valence-electron chi connectivity index (χ3n) is 9.73. The molecule has 0 unspecified atom stereocenters. The van der Waals surface area contributed by atoms with Crippen molar-refractivity contribution in [2.45, 2.75) is 6.42 Å². The van der Waals surface area contributed by atoms with Crippen LogP contribution in [-0.2, 0) is 6.42 Å². The molecule has 2 heteroatoms. The molecule has 0 saturated carbocycles. The predicted octanol–water partition coefficient (Wildman–Crippen LogP) is 10.8. The molecular formula is C41H25NO. The summed E-state index contributed by atoms with van der Waals surface area (Å²) in [6, 6.07) is 45.7. The first-order valence-corrected chi connectivity index (χ1v) is 14.9. The molecule has 2 N–H and O–H groups in total. The zero-order chi connectivity index (χ0) is 28.2. The van der Waals surface area contributed by atoms with E-state index in [4.69, 9.17) is 0 Å². The van der Waals surface area contributed by atoms with Crippen molar-refractivity contribution in [2.75, 3.05) is 0 Å². The van der Waals surface area contributed by atoms with Gasteiger partial charge in [-0.25, -0.2) is 0 Å². The first-order chi connectivity index (χ1) is 21.2. The topological polar surface area (TPSA) is 36.0 Å². The number of phenolic OH excluding ortho intramolecular Hbond substituents is 1. The van der Waals surface area contributed by atoms with Crippen LogP contribution in [0.5, 0.6) is 5.75 Å². The molecule has 0 atom stereocenters. The number of rotatable bonds is 2. The van der Waals surface area contributed by atoms with Crippen molar-refractivity contribution in [1.82, 2.24) is 4.98 Å². The van der Waals surface area contributed by atoms with Gasteiger partial charge in [-0.1, -0.05) is 109 Å². The maximum atomic E-state index is 11.5. The molecule has 8 aromatic carbocycles. The Bertz CT molecular complexity index is 2600. The average Bonchev–Trinajstić information content (AvgIpc) is 3.63. The Morgan fingerprint density at radius 1 is 0.465 bits per heavy atom. The molecule has 1 heterocycles. The first-order valence-electron chi connectivity index (χ1n) is 14.9. The maximum Gasteiger partial charge on any atom is 0.124 e. The Hall–Kier alpha value is -5.60. The van der Waals surface area contributed by atoms with Gasteiger partial charge in [0.05, 0.1) is 5.52 Å². The van der Waals surface area contributed by atoms with Crippen molar-refractivity contribution in [3.05, 3.63) is 139 Å². The quantitative estimate of drug-likeness (QED) is 0.208. The molecule has 2 nitrogen and oxygen atoms in total. The number of aromatic amines is 1. The number of aromatic hydroxyl groups is 1. The lowest BCUT2D eigenvalue weighted by atomic mass is 9.85. The SMILES string of the molecule is Oc1cc(-c2cccc3c2[nH]c2ccccc23)c2ccc3ccc(-c4cccc5c4Cc4ccccc4-5)c4ccc1c2c34.